The number of rotatable bonds is 4. The van der Waals surface area contributed by atoms with Crippen LogP contribution in [-0.4, -0.2) is 23.8 Å². The van der Waals surface area contributed by atoms with Crippen LogP contribution in [0.2, 0.25) is 0 Å². The third-order valence-corrected chi connectivity index (χ3v) is 4.17. The molecule has 3 nitrogen and oxygen atoms in total. The van der Waals surface area contributed by atoms with Crippen molar-refractivity contribution in [2.24, 2.45) is 0 Å². The molecule has 1 atom stereocenters. The van der Waals surface area contributed by atoms with Crippen LogP contribution in [0.1, 0.15) is 47.9 Å². The second-order valence-electron chi connectivity index (χ2n) is 5.45. The highest BCUT2D eigenvalue weighted by Crippen LogP contribution is 2.37. The molecule has 0 saturated carbocycles. The van der Waals surface area contributed by atoms with E-state index in [-0.39, 0.29) is 6.61 Å². The molecule has 1 unspecified atom stereocenters. The molecule has 0 spiro atoms. The third-order valence-electron chi connectivity index (χ3n) is 4.17. The first kappa shape index (κ1) is 15.1. The van der Waals surface area contributed by atoms with Gasteiger partial charge in [-0.05, 0) is 55.5 Å². The van der Waals surface area contributed by atoms with E-state index in [1.165, 1.54) is 11.1 Å². The monoisotopic (exact) mass is 275 g/mol. The van der Waals surface area contributed by atoms with Gasteiger partial charge in [-0.2, -0.15) is 0 Å². The van der Waals surface area contributed by atoms with E-state index >= 15 is 0 Å². The fourth-order valence-corrected chi connectivity index (χ4v) is 3.20. The molecule has 0 bridgehead atoms. The minimum absolute atomic E-state index is 0.0986. The van der Waals surface area contributed by atoms with Crippen LogP contribution >= 0.6 is 0 Å². The molecule has 0 aliphatic heterocycles. The van der Waals surface area contributed by atoms with E-state index in [1.54, 1.807) is 0 Å². The maximum atomic E-state index is 10.5. The van der Waals surface area contributed by atoms with Crippen LogP contribution < -0.4 is 5.32 Å². The Morgan fingerprint density at radius 2 is 2.10 bits per heavy atom. The number of fused-ring (bicyclic) bond motifs is 1. The molecule has 3 N–H and O–H groups in total. The summed E-state index contributed by atoms with van der Waals surface area (Å²) in [5.41, 5.74) is 4.25. The van der Waals surface area contributed by atoms with Gasteiger partial charge in [0.2, 0.25) is 0 Å². The van der Waals surface area contributed by atoms with Gasteiger partial charge in [-0.1, -0.05) is 19.1 Å². The van der Waals surface area contributed by atoms with E-state index in [0.29, 0.717) is 17.2 Å². The van der Waals surface area contributed by atoms with Crippen LogP contribution in [0.25, 0.3) is 0 Å². The van der Waals surface area contributed by atoms with Crippen LogP contribution in [0.5, 0.6) is 5.75 Å². The second-order valence-corrected chi connectivity index (χ2v) is 5.45. The van der Waals surface area contributed by atoms with Crippen LogP contribution in [0.15, 0.2) is 18.2 Å². The lowest BCUT2D eigenvalue weighted by Gasteiger charge is -2.26. The first-order valence-electron chi connectivity index (χ1n) is 7.49. The number of hydrogen-bond donors (Lipinski definition) is 3. The predicted molar refractivity (Wildman–Crippen MR) is 82.2 cm³/mol. The van der Waals surface area contributed by atoms with Crippen molar-refractivity contribution in [2.75, 3.05) is 13.6 Å². The molecule has 1 aromatic carbocycles. The van der Waals surface area contributed by atoms with Gasteiger partial charge in [-0.25, -0.2) is 0 Å². The van der Waals surface area contributed by atoms with Crippen molar-refractivity contribution in [1.29, 1.82) is 0 Å². The maximum Gasteiger partial charge on any atom is 0.124 e. The summed E-state index contributed by atoms with van der Waals surface area (Å²) in [5.74, 6) is 0.691. The molecule has 1 aliphatic carbocycles. The summed E-state index contributed by atoms with van der Waals surface area (Å²) in [4.78, 5) is 0. The molecule has 110 valence electrons. The minimum atomic E-state index is -0.0986. The van der Waals surface area contributed by atoms with Gasteiger partial charge in [0.25, 0.3) is 0 Å². The summed E-state index contributed by atoms with van der Waals surface area (Å²) >= 11 is 0. The number of aliphatic hydroxyl groups is 1. The normalized spacial score (nSPS) is 20.1. The Balaban J connectivity index is 2.59. The summed E-state index contributed by atoms with van der Waals surface area (Å²) in [6, 6.07) is 1.97. The van der Waals surface area contributed by atoms with E-state index in [0.717, 1.165) is 37.8 Å². The molecule has 3 heteroatoms. The smallest absolute Gasteiger partial charge is 0.124 e. The van der Waals surface area contributed by atoms with Crippen molar-refractivity contribution in [1.82, 2.24) is 5.32 Å². The third kappa shape index (κ3) is 2.89. The first-order chi connectivity index (χ1) is 9.72. The number of phenols is 1. The number of likely N-dealkylation sites (N-methyl/N-ethyl adjacent to an activating group) is 1. The van der Waals surface area contributed by atoms with E-state index < -0.39 is 0 Å². The highest BCUT2D eigenvalue weighted by Gasteiger charge is 2.23. The minimum Gasteiger partial charge on any atom is -0.507 e. The summed E-state index contributed by atoms with van der Waals surface area (Å²) in [6.45, 7) is 2.94. The average Bonchev–Trinajstić information content (AvgIpc) is 2.44. The fraction of sp³-hybridized carbons (Fsp3) is 0.529. The zero-order chi connectivity index (χ0) is 14.5. The number of hydrogen-bond acceptors (Lipinski definition) is 3. The van der Waals surface area contributed by atoms with Crippen LogP contribution in [-0.2, 0) is 19.4 Å². The Hall–Kier alpha value is -1.32. The molecule has 1 aliphatic rings. The average molecular weight is 275 g/mol. The quantitative estimate of drug-likeness (QED) is 0.740. The molecule has 0 fully saturated rings. The van der Waals surface area contributed by atoms with Gasteiger partial charge in [0.05, 0.1) is 6.61 Å². The van der Waals surface area contributed by atoms with E-state index in [2.05, 4.69) is 24.4 Å². The van der Waals surface area contributed by atoms with Gasteiger partial charge < -0.3 is 15.5 Å². The maximum absolute atomic E-state index is 10.5. The molecule has 1 aromatic rings. The summed E-state index contributed by atoms with van der Waals surface area (Å²) in [6.07, 6.45) is 8.17. The number of nitrogens with one attached hydrogen (secondary N) is 1. The molecule has 0 aromatic heterocycles. The zero-order valence-corrected chi connectivity index (χ0v) is 12.4. The van der Waals surface area contributed by atoms with Gasteiger partial charge >= 0.3 is 0 Å². The van der Waals surface area contributed by atoms with Crippen molar-refractivity contribution in [2.45, 2.75) is 45.1 Å². The van der Waals surface area contributed by atoms with Crippen molar-refractivity contribution in [3.8, 4) is 5.75 Å². The highest BCUT2D eigenvalue weighted by molar-refractivity contribution is 5.52. The van der Waals surface area contributed by atoms with Gasteiger partial charge in [0.15, 0.2) is 0 Å². The largest absolute Gasteiger partial charge is 0.507 e. The lowest BCUT2D eigenvalue weighted by molar-refractivity contribution is 0.275. The molecule has 2 rings (SSSR count). The number of benzene rings is 1. The van der Waals surface area contributed by atoms with Gasteiger partial charge in [0.1, 0.15) is 5.75 Å². The van der Waals surface area contributed by atoms with Crippen LogP contribution in [0.3, 0.4) is 0 Å². The number of aromatic hydroxyl groups is 1. The van der Waals surface area contributed by atoms with E-state index in [1.807, 2.05) is 13.1 Å². The zero-order valence-electron chi connectivity index (χ0n) is 12.4. The van der Waals surface area contributed by atoms with Crippen molar-refractivity contribution < 1.29 is 10.2 Å². The fourth-order valence-electron chi connectivity index (χ4n) is 3.20. The van der Waals surface area contributed by atoms with E-state index in [4.69, 9.17) is 0 Å². The topological polar surface area (TPSA) is 52.5 Å². The summed E-state index contributed by atoms with van der Waals surface area (Å²) in [7, 11) is 1.97. The lowest BCUT2D eigenvalue weighted by Crippen LogP contribution is -2.20. The van der Waals surface area contributed by atoms with Gasteiger partial charge in [0, 0.05) is 18.0 Å². The summed E-state index contributed by atoms with van der Waals surface area (Å²) < 4.78 is 0. The number of aliphatic hydroxyl groups excluding tert-OH is 1. The standard InChI is InChI=1S/C17H25NO2/c1-3-12-9-14(11-19)17(20)15-8-6-4-5-7-13(10-18-2)16(12)15/h4-5,9,13,18-20H,3,6-8,10-11H2,1-2H3/b5-4-. The van der Waals surface area contributed by atoms with E-state index in [9.17, 15) is 10.2 Å². The van der Waals surface area contributed by atoms with Crippen molar-refractivity contribution >= 4 is 0 Å². The first-order valence-corrected chi connectivity index (χ1v) is 7.49. The summed E-state index contributed by atoms with van der Waals surface area (Å²) in [5, 5.41) is 23.2. The Morgan fingerprint density at radius 3 is 2.75 bits per heavy atom. The van der Waals surface area contributed by atoms with Crippen LogP contribution in [0, 0.1) is 0 Å². The number of aryl methyl sites for hydroxylation is 1. The van der Waals surface area contributed by atoms with Gasteiger partial charge in [-0.3, -0.25) is 0 Å². The molecule has 0 saturated heterocycles. The Labute approximate surface area is 121 Å². The predicted octanol–water partition coefficient (Wildman–Crippen LogP) is 2.64. The SMILES string of the molecule is CCc1cc(CO)c(O)c2c1C(CNC)C/C=C\CC2. The number of allylic oxidation sites excluding steroid dienone is 2. The molecular weight excluding hydrogens is 250 g/mol. The molecule has 0 heterocycles. The Morgan fingerprint density at radius 1 is 1.30 bits per heavy atom. The highest BCUT2D eigenvalue weighted by atomic mass is 16.3. The molecule has 0 radical (unpaired) electrons. The van der Waals surface area contributed by atoms with Gasteiger partial charge in [-0.15, -0.1) is 0 Å². The molecule has 20 heavy (non-hydrogen) atoms. The van der Waals surface area contributed by atoms with Crippen molar-refractivity contribution in [3.05, 3.63) is 40.5 Å². The van der Waals surface area contributed by atoms with Crippen molar-refractivity contribution in [3.63, 3.8) is 0 Å². The lowest BCUT2D eigenvalue weighted by atomic mass is 9.82. The second kappa shape index (κ2) is 6.91. The molecular formula is C17H25NO2. The Bertz CT molecular complexity index is 494. The Kier molecular flexibility index (Phi) is 5.21. The van der Waals surface area contributed by atoms with Crippen LogP contribution in [0.4, 0.5) is 0 Å². The molecule has 0 amide bonds.